The van der Waals surface area contributed by atoms with Gasteiger partial charge in [-0.25, -0.2) is 10.2 Å². The van der Waals surface area contributed by atoms with Gasteiger partial charge in [0.05, 0.1) is 5.71 Å². The fourth-order valence-corrected chi connectivity index (χ4v) is 3.20. The molecule has 23 heavy (non-hydrogen) atoms. The van der Waals surface area contributed by atoms with Crippen molar-refractivity contribution in [3.8, 4) is 0 Å². The highest BCUT2D eigenvalue weighted by Crippen LogP contribution is 2.35. The maximum absolute atomic E-state index is 12.1. The van der Waals surface area contributed by atoms with Crippen LogP contribution in [0.1, 0.15) is 52.5 Å². The van der Waals surface area contributed by atoms with Gasteiger partial charge in [-0.05, 0) is 49.7 Å². The molecule has 0 radical (unpaired) electrons. The van der Waals surface area contributed by atoms with Gasteiger partial charge in [0.25, 0.3) is 0 Å². The maximum Gasteiger partial charge on any atom is 0.428 e. The van der Waals surface area contributed by atoms with Gasteiger partial charge >= 0.3 is 6.09 Å². The molecule has 1 N–H and O–H groups in total. The van der Waals surface area contributed by atoms with Crippen LogP contribution in [0.3, 0.4) is 0 Å². The predicted molar refractivity (Wildman–Crippen MR) is 91.2 cm³/mol. The van der Waals surface area contributed by atoms with E-state index in [0.717, 1.165) is 24.1 Å². The van der Waals surface area contributed by atoms with Gasteiger partial charge < -0.3 is 4.74 Å². The van der Waals surface area contributed by atoms with E-state index in [4.69, 9.17) is 4.74 Å². The average Bonchev–Trinajstić information content (AvgIpc) is 2.53. The highest BCUT2D eigenvalue weighted by atomic mass is 16.6. The molecule has 0 bridgehead atoms. The Kier molecular flexibility index (Phi) is 6.13. The van der Waals surface area contributed by atoms with Crippen molar-refractivity contribution in [3.05, 3.63) is 30.1 Å². The van der Waals surface area contributed by atoms with Crippen LogP contribution in [-0.2, 0) is 4.74 Å². The van der Waals surface area contributed by atoms with Gasteiger partial charge in [0.1, 0.15) is 6.10 Å². The standard InChI is InChI=1S/C18H27N3O2/c1-12(2)16-6-5-13(3)11-17(16)23-18(22)21-20-14(4)15-7-9-19-10-8-15/h7-10,12-13,16-17H,5-6,11H2,1-4H3,(H,21,22). The molecule has 1 aliphatic rings. The Morgan fingerprint density at radius 3 is 2.70 bits per heavy atom. The Morgan fingerprint density at radius 2 is 2.04 bits per heavy atom. The molecule has 0 saturated heterocycles. The lowest BCUT2D eigenvalue weighted by atomic mass is 9.75. The van der Waals surface area contributed by atoms with Crippen LogP contribution in [0, 0.1) is 17.8 Å². The Balaban J connectivity index is 1.92. The maximum atomic E-state index is 12.1. The summed E-state index contributed by atoms with van der Waals surface area (Å²) in [6, 6.07) is 3.70. The monoisotopic (exact) mass is 317 g/mol. The summed E-state index contributed by atoms with van der Waals surface area (Å²) in [7, 11) is 0. The zero-order chi connectivity index (χ0) is 16.8. The lowest BCUT2D eigenvalue weighted by molar-refractivity contribution is 0.00633. The van der Waals surface area contributed by atoms with Crippen LogP contribution in [0.25, 0.3) is 0 Å². The van der Waals surface area contributed by atoms with E-state index in [1.54, 1.807) is 12.4 Å². The van der Waals surface area contributed by atoms with E-state index >= 15 is 0 Å². The molecule has 3 atom stereocenters. The number of aromatic nitrogens is 1. The van der Waals surface area contributed by atoms with Gasteiger partial charge in [-0.3, -0.25) is 4.98 Å². The van der Waals surface area contributed by atoms with Crippen molar-refractivity contribution in [3.63, 3.8) is 0 Å². The number of nitrogens with zero attached hydrogens (tertiary/aromatic N) is 2. The first kappa shape index (κ1) is 17.4. The van der Waals surface area contributed by atoms with Crippen LogP contribution in [0.5, 0.6) is 0 Å². The molecule has 1 aromatic heterocycles. The van der Waals surface area contributed by atoms with Gasteiger partial charge in [-0.1, -0.05) is 27.2 Å². The minimum absolute atomic E-state index is 0.0184. The minimum Gasteiger partial charge on any atom is -0.445 e. The summed E-state index contributed by atoms with van der Waals surface area (Å²) in [5.41, 5.74) is 4.16. The molecule has 5 heteroatoms. The van der Waals surface area contributed by atoms with Crippen molar-refractivity contribution >= 4 is 11.8 Å². The molecule has 0 aliphatic heterocycles. The minimum atomic E-state index is -0.469. The molecule has 2 rings (SSSR count). The highest BCUT2D eigenvalue weighted by Gasteiger charge is 2.33. The Labute approximate surface area is 138 Å². The molecule has 1 fully saturated rings. The quantitative estimate of drug-likeness (QED) is 0.674. The van der Waals surface area contributed by atoms with Crippen LogP contribution >= 0.6 is 0 Å². The number of amides is 1. The lowest BCUT2D eigenvalue weighted by Gasteiger charge is -2.36. The fourth-order valence-electron chi connectivity index (χ4n) is 3.20. The van der Waals surface area contributed by atoms with Gasteiger partial charge in [0.15, 0.2) is 0 Å². The predicted octanol–water partition coefficient (Wildman–Crippen LogP) is 3.99. The number of rotatable bonds is 4. The van der Waals surface area contributed by atoms with Crippen LogP contribution in [0.15, 0.2) is 29.6 Å². The molecule has 5 nitrogen and oxygen atoms in total. The summed E-state index contributed by atoms with van der Waals surface area (Å²) < 4.78 is 5.65. The third-order valence-electron chi connectivity index (χ3n) is 4.63. The highest BCUT2D eigenvalue weighted by molar-refractivity contribution is 5.98. The largest absolute Gasteiger partial charge is 0.445 e. The first-order valence-corrected chi connectivity index (χ1v) is 8.38. The van der Waals surface area contributed by atoms with E-state index in [9.17, 15) is 4.79 Å². The summed E-state index contributed by atoms with van der Waals surface area (Å²) in [6.45, 7) is 8.45. The second-order valence-corrected chi connectivity index (χ2v) is 6.81. The summed E-state index contributed by atoms with van der Waals surface area (Å²) in [4.78, 5) is 16.0. The Bertz CT molecular complexity index is 542. The van der Waals surface area contributed by atoms with Crippen LogP contribution in [0.2, 0.25) is 0 Å². The third-order valence-corrected chi connectivity index (χ3v) is 4.63. The van der Waals surface area contributed by atoms with E-state index in [2.05, 4.69) is 36.3 Å². The smallest absolute Gasteiger partial charge is 0.428 e. The third kappa shape index (κ3) is 5.05. The summed E-state index contributed by atoms with van der Waals surface area (Å²) >= 11 is 0. The molecule has 1 saturated carbocycles. The molecule has 3 unspecified atom stereocenters. The molecule has 0 aromatic carbocycles. The zero-order valence-corrected chi connectivity index (χ0v) is 14.5. The van der Waals surface area contributed by atoms with Gasteiger partial charge in [0, 0.05) is 18.0 Å². The number of carbonyl (C=O) groups is 1. The van der Waals surface area contributed by atoms with Gasteiger partial charge in [-0.2, -0.15) is 5.10 Å². The van der Waals surface area contributed by atoms with Gasteiger partial charge in [-0.15, -0.1) is 0 Å². The molecule has 1 heterocycles. The normalized spacial score (nSPS) is 25.3. The number of nitrogens with one attached hydrogen (secondary N) is 1. The van der Waals surface area contributed by atoms with Crippen LogP contribution in [-0.4, -0.2) is 22.9 Å². The fraction of sp³-hybridized carbons (Fsp3) is 0.611. The average molecular weight is 317 g/mol. The second kappa shape index (κ2) is 8.09. The molecule has 1 aliphatic carbocycles. The zero-order valence-electron chi connectivity index (χ0n) is 14.5. The van der Waals surface area contributed by atoms with Crippen molar-refractivity contribution in [2.75, 3.05) is 0 Å². The van der Waals surface area contributed by atoms with Crippen molar-refractivity contribution in [2.24, 2.45) is 22.9 Å². The van der Waals surface area contributed by atoms with E-state index < -0.39 is 6.09 Å². The number of hydrogen-bond donors (Lipinski definition) is 1. The molecule has 126 valence electrons. The topological polar surface area (TPSA) is 63.6 Å². The van der Waals surface area contributed by atoms with E-state index in [1.807, 2.05) is 19.1 Å². The van der Waals surface area contributed by atoms with Crippen molar-refractivity contribution in [1.29, 1.82) is 0 Å². The second-order valence-electron chi connectivity index (χ2n) is 6.81. The molecular weight excluding hydrogens is 290 g/mol. The summed E-state index contributed by atoms with van der Waals surface area (Å²) in [6.07, 6.45) is 6.17. The molecule has 1 amide bonds. The van der Waals surface area contributed by atoms with Gasteiger partial charge in [0.2, 0.25) is 0 Å². The molecule has 0 spiro atoms. The number of hydrogen-bond acceptors (Lipinski definition) is 4. The van der Waals surface area contributed by atoms with Crippen LogP contribution < -0.4 is 5.43 Å². The first-order chi connectivity index (χ1) is 11.0. The number of pyridine rings is 1. The van der Waals surface area contributed by atoms with Crippen LogP contribution in [0.4, 0.5) is 4.79 Å². The number of hydrazone groups is 1. The van der Waals surface area contributed by atoms with E-state index in [-0.39, 0.29) is 6.10 Å². The first-order valence-electron chi connectivity index (χ1n) is 8.38. The molecule has 1 aromatic rings. The Hall–Kier alpha value is -1.91. The van der Waals surface area contributed by atoms with E-state index in [1.165, 1.54) is 6.42 Å². The SMILES string of the molecule is CC(=NNC(=O)OC1CC(C)CCC1C(C)C)c1ccncc1. The summed E-state index contributed by atoms with van der Waals surface area (Å²) in [5, 5.41) is 4.11. The van der Waals surface area contributed by atoms with Crippen molar-refractivity contribution in [1.82, 2.24) is 10.4 Å². The lowest BCUT2D eigenvalue weighted by Crippen LogP contribution is -2.38. The van der Waals surface area contributed by atoms with E-state index in [0.29, 0.717) is 17.8 Å². The Morgan fingerprint density at radius 1 is 1.35 bits per heavy atom. The number of carbonyl (C=O) groups excluding carboxylic acids is 1. The van der Waals surface area contributed by atoms with Crippen molar-refractivity contribution < 1.29 is 9.53 Å². The molecular formula is C18H27N3O2. The van der Waals surface area contributed by atoms with Crippen molar-refractivity contribution in [2.45, 2.75) is 53.1 Å². The number of ether oxygens (including phenoxy) is 1. The summed E-state index contributed by atoms with van der Waals surface area (Å²) in [5.74, 6) is 1.55.